The van der Waals surface area contributed by atoms with Gasteiger partial charge in [0.05, 0.1) is 5.56 Å². The van der Waals surface area contributed by atoms with E-state index in [9.17, 15) is 10.1 Å². The lowest BCUT2D eigenvalue weighted by Gasteiger charge is -2.09. The standard InChI is InChI=1S/C18H17ClN2OS/c19-13-8-5-12(6-9-13)7-10-17(22)21-18-15(11-20)14-3-1-2-4-16(14)23-18/h5-6,8-9H,1-4,7,10H2,(H,21,22). The van der Waals surface area contributed by atoms with E-state index in [0.717, 1.165) is 35.4 Å². The average molecular weight is 345 g/mol. The van der Waals surface area contributed by atoms with E-state index < -0.39 is 0 Å². The van der Waals surface area contributed by atoms with Crippen LogP contribution in [0.25, 0.3) is 0 Å². The molecule has 1 aromatic carbocycles. The van der Waals surface area contributed by atoms with Crippen molar-refractivity contribution in [3.63, 3.8) is 0 Å². The van der Waals surface area contributed by atoms with Gasteiger partial charge in [0.15, 0.2) is 0 Å². The van der Waals surface area contributed by atoms with Crippen molar-refractivity contribution >= 4 is 33.8 Å². The first kappa shape index (κ1) is 16.0. The quantitative estimate of drug-likeness (QED) is 0.872. The van der Waals surface area contributed by atoms with Crippen molar-refractivity contribution in [2.75, 3.05) is 5.32 Å². The number of nitriles is 1. The molecule has 0 saturated carbocycles. The highest BCUT2D eigenvalue weighted by Crippen LogP contribution is 2.37. The van der Waals surface area contributed by atoms with Crippen molar-refractivity contribution in [2.45, 2.75) is 38.5 Å². The van der Waals surface area contributed by atoms with Gasteiger partial charge >= 0.3 is 0 Å². The molecule has 0 saturated heterocycles. The summed E-state index contributed by atoms with van der Waals surface area (Å²) in [7, 11) is 0. The number of fused-ring (bicyclic) bond motifs is 1. The molecule has 3 nitrogen and oxygen atoms in total. The highest BCUT2D eigenvalue weighted by molar-refractivity contribution is 7.16. The van der Waals surface area contributed by atoms with E-state index in [-0.39, 0.29) is 5.91 Å². The van der Waals surface area contributed by atoms with E-state index in [2.05, 4.69) is 11.4 Å². The number of benzene rings is 1. The number of nitrogens with one attached hydrogen (secondary N) is 1. The zero-order valence-corrected chi connectivity index (χ0v) is 14.3. The van der Waals surface area contributed by atoms with Gasteiger partial charge in [0, 0.05) is 16.3 Å². The third-order valence-electron chi connectivity index (χ3n) is 4.09. The van der Waals surface area contributed by atoms with Gasteiger partial charge in [-0.05, 0) is 55.4 Å². The van der Waals surface area contributed by atoms with E-state index in [0.29, 0.717) is 23.4 Å². The first-order valence-electron chi connectivity index (χ1n) is 7.76. The summed E-state index contributed by atoms with van der Waals surface area (Å²) in [6.45, 7) is 0. The molecule has 1 aromatic heterocycles. The van der Waals surface area contributed by atoms with Crippen LogP contribution in [0.15, 0.2) is 24.3 Å². The van der Waals surface area contributed by atoms with Gasteiger partial charge in [-0.2, -0.15) is 5.26 Å². The summed E-state index contributed by atoms with van der Waals surface area (Å²) in [6.07, 6.45) is 5.33. The summed E-state index contributed by atoms with van der Waals surface area (Å²) in [4.78, 5) is 13.5. The molecule has 0 unspecified atom stereocenters. The van der Waals surface area contributed by atoms with Gasteiger partial charge < -0.3 is 5.32 Å². The molecule has 0 atom stereocenters. The Balaban J connectivity index is 1.65. The molecule has 118 valence electrons. The maximum Gasteiger partial charge on any atom is 0.225 e. The van der Waals surface area contributed by atoms with Gasteiger partial charge in [-0.3, -0.25) is 4.79 Å². The molecule has 0 fully saturated rings. The molecular formula is C18H17ClN2OS. The largest absolute Gasteiger partial charge is 0.317 e. The molecular weight excluding hydrogens is 328 g/mol. The number of aryl methyl sites for hydroxylation is 2. The number of thiophene rings is 1. The minimum Gasteiger partial charge on any atom is -0.317 e. The molecule has 1 heterocycles. The van der Waals surface area contributed by atoms with Crippen molar-refractivity contribution < 1.29 is 4.79 Å². The Morgan fingerprint density at radius 3 is 2.74 bits per heavy atom. The Morgan fingerprint density at radius 1 is 1.26 bits per heavy atom. The van der Waals surface area contributed by atoms with Crippen LogP contribution in [0.1, 0.15) is 40.8 Å². The lowest BCUT2D eigenvalue weighted by Crippen LogP contribution is -2.12. The summed E-state index contributed by atoms with van der Waals surface area (Å²) < 4.78 is 0. The second-order valence-corrected chi connectivity index (χ2v) is 7.24. The maximum absolute atomic E-state index is 12.2. The zero-order valence-electron chi connectivity index (χ0n) is 12.7. The number of hydrogen-bond donors (Lipinski definition) is 1. The Morgan fingerprint density at radius 2 is 2.00 bits per heavy atom. The van der Waals surface area contributed by atoms with E-state index in [1.807, 2.05) is 24.3 Å². The molecule has 0 bridgehead atoms. The Bertz CT molecular complexity index is 759. The lowest BCUT2D eigenvalue weighted by atomic mass is 9.96. The van der Waals surface area contributed by atoms with Crippen LogP contribution in [-0.2, 0) is 24.1 Å². The number of nitrogens with zero attached hydrogens (tertiary/aromatic N) is 1. The summed E-state index contributed by atoms with van der Waals surface area (Å²) in [6, 6.07) is 9.79. The summed E-state index contributed by atoms with van der Waals surface area (Å²) in [5, 5.41) is 13.8. The van der Waals surface area contributed by atoms with Crippen LogP contribution in [0.4, 0.5) is 5.00 Å². The van der Waals surface area contributed by atoms with Crippen LogP contribution >= 0.6 is 22.9 Å². The number of hydrogen-bond acceptors (Lipinski definition) is 3. The van der Waals surface area contributed by atoms with Crippen LogP contribution in [0.5, 0.6) is 0 Å². The van der Waals surface area contributed by atoms with E-state index in [1.54, 1.807) is 11.3 Å². The molecule has 1 aliphatic rings. The monoisotopic (exact) mass is 344 g/mol. The van der Waals surface area contributed by atoms with Crippen molar-refractivity contribution in [1.29, 1.82) is 5.26 Å². The highest BCUT2D eigenvalue weighted by atomic mass is 35.5. The van der Waals surface area contributed by atoms with Crippen LogP contribution in [0, 0.1) is 11.3 Å². The minimum absolute atomic E-state index is 0.0463. The van der Waals surface area contributed by atoms with E-state index >= 15 is 0 Å². The summed E-state index contributed by atoms with van der Waals surface area (Å²) >= 11 is 7.42. The van der Waals surface area contributed by atoms with Gasteiger partial charge in [-0.25, -0.2) is 0 Å². The number of anilines is 1. The molecule has 3 rings (SSSR count). The molecule has 0 spiro atoms. The fraction of sp³-hybridized carbons (Fsp3) is 0.333. The highest BCUT2D eigenvalue weighted by Gasteiger charge is 2.21. The molecule has 0 radical (unpaired) electrons. The van der Waals surface area contributed by atoms with Crippen molar-refractivity contribution in [3.05, 3.63) is 50.9 Å². The van der Waals surface area contributed by atoms with Crippen LogP contribution < -0.4 is 5.32 Å². The Kier molecular flexibility index (Phi) is 5.00. The first-order chi connectivity index (χ1) is 11.2. The van der Waals surface area contributed by atoms with Crippen LogP contribution in [-0.4, -0.2) is 5.91 Å². The maximum atomic E-state index is 12.2. The van der Waals surface area contributed by atoms with Crippen molar-refractivity contribution in [1.82, 2.24) is 0 Å². The van der Waals surface area contributed by atoms with Crippen molar-refractivity contribution in [2.24, 2.45) is 0 Å². The number of carbonyl (C=O) groups excluding carboxylic acids is 1. The predicted molar refractivity (Wildman–Crippen MR) is 94.1 cm³/mol. The molecule has 1 N–H and O–H groups in total. The minimum atomic E-state index is -0.0463. The summed E-state index contributed by atoms with van der Waals surface area (Å²) in [5.74, 6) is -0.0463. The molecule has 2 aromatic rings. The zero-order chi connectivity index (χ0) is 16.2. The predicted octanol–water partition coefficient (Wildman–Crippen LogP) is 4.72. The second-order valence-electron chi connectivity index (χ2n) is 5.70. The average Bonchev–Trinajstić information content (AvgIpc) is 2.91. The van der Waals surface area contributed by atoms with Crippen LogP contribution in [0.2, 0.25) is 5.02 Å². The van der Waals surface area contributed by atoms with E-state index in [4.69, 9.17) is 11.6 Å². The second kappa shape index (κ2) is 7.16. The third-order valence-corrected chi connectivity index (χ3v) is 5.55. The topological polar surface area (TPSA) is 52.9 Å². The normalized spacial score (nSPS) is 13.2. The van der Waals surface area contributed by atoms with Gasteiger partial charge in [0.25, 0.3) is 0 Å². The number of carbonyl (C=O) groups is 1. The number of halogens is 1. The fourth-order valence-corrected chi connectivity index (χ4v) is 4.25. The molecule has 0 aliphatic heterocycles. The molecule has 5 heteroatoms. The molecule has 23 heavy (non-hydrogen) atoms. The van der Waals surface area contributed by atoms with Gasteiger partial charge in [0.2, 0.25) is 5.91 Å². The van der Waals surface area contributed by atoms with Gasteiger partial charge in [-0.15, -0.1) is 11.3 Å². The van der Waals surface area contributed by atoms with Crippen molar-refractivity contribution in [3.8, 4) is 6.07 Å². The third kappa shape index (κ3) is 3.74. The van der Waals surface area contributed by atoms with E-state index in [1.165, 1.54) is 11.3 Å². The molecule has 1 aliphatic carbocycles. The molecule has 1 amide bonds. The SMILES string of the molecule is N#Cc1c(NC(=O)CCc2ccc(Cl)cc2)sc2c1CCCC2. The van der Waals surface area contributed by atoms with Gasteiger partial charge in [0.1, 0.15) is 11.1 Å². The number of amides is 1. The first-order valence-corrected chi connectivity index (χ1v) is 8.96. The van der Waals surface area contributed by atoms with Gasteiger partial charge in [-0.1, -0.05) is 23.7 Å². The lowest BCUT2D eigenvalue weighted by molar-refractivity contribution is -0.116. The Hall–Kier alpha value is -1.83. The smallest absolute Gasteiger partial charge is 0.225 e. The Labute approximate surface area is 144 Å². The fourth-order valence-electron chi connectivity index (χ4n) is 2.87. The summed E-state index contributed by atoms with van der Waals surface area (Å²) in [5.41, 5.74) is 2.90. The van der Waals surface area contributed by atoms with Crippen LogP contribution in [0.3, 0.4) is 0 Å². The number of rotatable bonds is 4.